The molecule has 1 aromatic rings. The summed E-state index contributed by atoms with van der Waals surface area (Å²) in [6.45, 7) is 6.74. The Balaban J connectivity index is 2.27. The van der Waals surface area contributed by atoms with E-state index in [4.69, 9.17) is 13.9 Å². The Morgan fingerprint density at radius 1 is 1.41 bits per heavy atom. The molecule has 0 saturated heterocycles. The summed E-state index contributed by atoms with van der Waals surface area (Å²) in [7, 11) is 0. The minimum Gasteiger partial charge on any atom is -0.460 e. The summed E-state index contributed by atoms with van der Waals surface area (Å²) in [5.41, 5.74) is 0. The fraction of sp³-hybridized carbons (Fsp3) is 0.462. The standard InChI is InChI=1S/C13H18O4/c1-3-5-8-15-9-11-6-7-12(17-11)10-16-13(14)4-2/h4,6-7H,2-3,5,8-10H2,1H3. The van der Waals surface area contributed by atoms with Gasteiger partial charge in [-0.3, -0.25) is 0 Å². The van der Waals surface area contributed by atoms with Crippen LogP contribution in [0.4, 0.5) is 0 Å². The van der Waals surface area contributed by atoms with Gasteiger partial charge in [0, 0.05) is 12.7 Å². The third-order valence-electron chi connectivity index (χ3n) is 2.13. The van der Waals surface area contributed by atoms with Crippen molar-refractivity contribution in [3.05, 3.63) is 36.3 Å². The third-order valence-corrected chi connectivity index (χ3v) is 2.13. The van der Waals surface area contributed by atoms with Crippen LogP contribution in [0.25, 0.3) is 0 Å². The van der Waals surface area contributed by atoms with Crippen molar-refractivity contribution in [2.24, 2.45) is 0 Å². The predicted octanol–water partition coefficient (Wildman–Crippen LogP) is 2.83. The van der Waals surface area contributed by atoms with Crippen molar-refractivity contribution in [1.29, 1.82) is 0 Å². The molecule has 0 spiro atoms. The molecule has 1 aromatic heterocycles. The number of hydrogen-bond acceptors (Lipinski definition) is 4. The quantitative estimate of drug-likeness (QED) is 0.397. The summed E-state index contributed by atoms with van der Waals surface area (Å²) in [4.78, 5) is 10.8. The van der Waals surface area contributed by atoms with E-state index in [9.17, 15) is 4.79 Å². The van der Waals surface area contributed by atoms with Crippen molar-refractivity contribution in [2.45, 2.75) is 33.0 Å². The first-order chi connectivity index (χ1) is 8.26. The summed E-state index contributed by atoms with van der Waals surface area (Å²) in [6, 6.07) is 3.60. The summed E-state index contributed by atoms with van der Waals surface area (Å²) >= 11 is 0. The molecule has 0 aliphatic heterocycles. The van der Waals surface area contributed by atoms with Crippen LogP contribution in [0.15, 0.2) is 29.2 Å². The SMILES string of the molecule is C=CC(=O)OCc1ccc(COCCCC)o1. The van der Waals surface area contributed by atoms with Crippen molar-refractivity contribution in [1.82, 2.24) is 0 Å². The zero-order valence-electron chi connectivity index (χ0n) is 10.1. The van der Waals surface area contributed by atoms with Crippen LogP contribution in [-0.4, -0.2) is 12.6 Å². The Kier molecular flexibility index (Phi) is 6.10. The molecule has 0 fully saturated rings. The molecule has 0 amide bonds. The fourth-order valence-electron chi connectivity index (χ4n) is 1.20. The summed E-state index contributed by atoms with van der Waals surface area (Å²) < 4.78 is 15.7. The molecule has 4 heteroatoms. The number of carbonyl (C=O) groups excluding carboxylic acids is 1. The van der Waals surface area contributed by atoms with Crippen LogP contribution >= 0.6 is 0 Å². The summed E-state index contributed by atoms with van der Waals surface area (Å²) in [6.07, 6.45) is 3.28. The van der Waals surface area contributed by atoms with Crippen LogP contribution in [-0.2, 0) is 27.5 Å². The lowest BCUT2D eigenvalue weighted by Crippen LogP contribution is -1.99. The highest BCUT2D eigenvalue weighted by atomic mass is 16.5. The zero-order chi connectivity index (χ0) is 12.5. The van der Waals surface area contributed by atoms with Crippen LogP contribution in [0, 0.1) is 0 Å². The van der Waals surface area contributed by atoms with Crippen LogP contribution in [0.3, 0.4) is 0 Å². The Morgan fingerprint density at radius 3 is 2.76 bits per heavy atom. The molecule has 94 valence electrons. The molecular weight excluding hydrogens is 220 g/mol. The van der Waals surface area contributed by atoms with Gasteiger partial charge in [0.15, 0.2) is 0 Å². The van der Waals surface area contributed by atoms with Gasteiger partial charge in [0.1, 0.15) is 24.7 Å². The Bertz CT molecular complexity index is 354. The van der Waals surface area contributed by atoms with E-state index in [0.717, 1.165) is 31.3 Å². The number of carbonyl (C=O) groups is 1. The normalized spacial score (nSPS) is 10.2. The molecule has 0 unspecified atom stereocenters. The van der Waals surface area contributed by atoms with Crippen molar-refractivity contribution >= 4 is 5.97 Å². The molecule has 17 heavy (non-hydrogen) atoms. The van der Waals surface area contributed by atoms with Crippen molar-refractivity contribution in [2.75, 3.05) is 6.61 Å². The smallest absolute Gasteiger partial charge is 0.330 e. The van der Waals surface area contributed by atoms with Crippen LogP contribution < -0.4 is 0 Å². The van der Waals surface area contributed by atoms with Crippen LogP contribution in [0.2, 0.25) is 0 Å². The third kappa shape index (κ3) is 5.36. The Hall–Kier alpha value is -1.55. The number of furan rings is 1. The number of esters is 1. The average Bonchev–Trinajstić information content (AvgIpc) is 2.79. The second-order valence-electron chi connectivity index (χ2n) is 3.59. The second kappa shape index (κ2) is 7.68. The largest absolute Gasteiger partial charge is 0.460 e. The molecule has 0 saturated carbocycles. The average molecular weight is 238 g/mol. The molecule has 1 rings (SSSR count). The zero-order valence-corrected chi connectivity index (χ0v) is 10.1. The summed E-state index contributed by atoms with van der Waals surface area (Å²) in [5.74, 6) is 0.891. The first-order valence-electron chi connectivity index (χ1n) is 5.70. The lowest BCUT2D eigenvalue weighted by molar-refractivity contribution is -0.139. The number of rotatable bonds is 8. The van der Waals surface area contributed by atoms with Crippen molar-refractivity contribution in [3.63, 3.8) is 0 Å². The molecule has 0 radical (unpaired) electrons. The molecule has 0 bridgehead atoms. The van der Waals surface area contributed by atoms with E-state index in [0.29, 0.717) is 12.4 Å². The van der Waals surface area contributed by atoms with Crippen molar-refractivity contribution < 1.29 is 18.7 Å². The van der Waals surface area contributed by atoms with E-state index in [1.807, 2.05) is 6.07 Å². The first-order valence-corrected chi connectivity index (χ1v) is 5.70. The van der Waals surface area contributed by atoms with Gasteiger partial charge in [-0.05, 0) is 18.6 Å². The molecular formula is C13H18O4. The predicted molar refractivity (Wildman–Crippen MR) is 63.3 cm³/mol. The van der Waals surface area contributed by atoms with E-state index in [-0.39, 0.29) is 6.61 Å². The molecule has 0 aliphatic rings. The molecule has 1 heterocycles. The van der Waals surface area contributed by atoms with E-state index in [1.165, 1.54) is 0 Å². The molecule has 0 aromatic carbocycles. The van der Waals surface area contributed by atoms with E-state index in [2.05, 4.69) is 13.5 Å². The van der Waals surface area contributed by atoms with Gasteiger partial charge >= 0.3 is 5.97 Å². The Morgan fingerprint density at radius 2 is 2.12 bits per heavy atom. The maximum Gasteiger partial charge on any atom is 0.330 e. The lowest BCUT2D eigenvalue weighted by Gasteiger charge is -2.00. The molecule has 0 aliphatic carbocycles. The monoisotopic (exact) mass is 238 g/mol. The maximum atomic E-state index is 10.8. The first kappa shape index (κ1) is 13.5. The lowest BCUT2D eigenvalue weighted by atomic mass is 10.4. The van der Waals surface area contributed by atoms with Gasteiger partial charge in [-0.2, -0.15) is 0 Å². The van der Waals surface area contributed by atoms with Crippen LogP contribution in [0.1, 0.15) is 31.3 Å². The topological polar surface area (TPSA) is 48.7 Å². The van der Waals surface area contributed by atoms with Gasteiger partial charge in [-0.1, -0.05) is 19.9 Å². The minimum atomic E-state index is -0.456. The van der Waals surface area contributed by atoms with Gasteiger partial charge in [0.05, 0.1) is 0 Å². The second-order valence-corrected chi connectivity index (χ2v) is 3.59. The Labute approximate surface area is 101 Å². The van der Waals surface area contributed by atoms with Gasteiger partial charge in [-0.15, -0.1) is 0 Å². The van der Waals surface area contributed by atoms with Crippen LogP contribution in [0.5, 0.6) is 0 Å². The van der Waals surface area contributed by atoms with E-state index < -0.39 is 5.97 Å². The van der Waals surface area contributed by atoms with Crippen molar-refractivity contribution in [3.8, 4) is 0 Å². The highest BCUT2D eigenvalue weighted by molar-refractivity contribution is 5.81. The van der Waals surface area contributed by atoms with Gasteiger partial charge in [0.25, 0.3) is 0 Å². The van der Waals surface area contributed by atoms with Gasteiger partial charge in [0.2, 0.25) is 0 Å². The number of unbranched alkanes of at least 4 members (excludes halogenated alkanes) is 1. The van der Waals surface area contributed by atoms with E-state index in [1.54, 1.807) is 6.07 Å². The minimum absolute atomic E-state index is 0.125. The van der Waals surface area contributed by atoms with Gasteiger partial charge < -0.3 is 13.9 Å². The number of hydrogen-bond donors (Lipinski definition) is 0. The highest BCUT2D eigenvalue weighted by Gasteiger charge is 2.04. The van der Waals surface area contributed by atoms with Gasteiger partial charge in [-0.25, -0.2) is 4.79 Å². The maximum absolute atomic E-state index is 10.8. The molecule has 0 N–H and O–H groups in total. The highest BCUT2D eigenvalue weighted by Crippen LogP contribution is 2.10. The molecule has 4 nitrogen and oxygen atoms in total. The van der Waals surface area contributed by atoms with E-state index >= 15 is 0 Å². The fourth-order valence-corrected chi connectivity index (χ4v) is 1.20. The summed E-state index contributed by atoms with van der Waals surface area (Å²) in [5, 5.41) is 0. The number of ether oxygens (including phenoxy) is 2. The molecule has 0 atom stereocenters.